The Kier molecular flexibility index (Phi) is 4.32. The van der Waals surface area contributed by atoms with E-state index in [-0.39, 0.29) is 5.91 Å². The molecule has 120 valence electrons. The molecular formula is C18H14IN3OS. The molecule has 0 atom stereocenters. The van der Waals surface area contributed by atoms with E-state index < -0.39 is 0 Å². The van der Waals surface area contributed by atoms with E-state index in [1.807, 2.05) is 48.5 Å². The zero-order valence-corrected chi connectivity index (χ0v) is 15.7. The SMILES string of the molecule is O=C(Nc1ccc(-c2cn3c(n2)SCC3)cc1)c1ccccc1I. The van der Waals surface area contributed by atoms with Crippen molar-refractivity contribution in [3.05, 3.63) is 63.9 Å². The van der Waals surface area contributed by atoms with Crippen molar-refractivity contribution in [1.29, 1.82) is 0 Å². The molecule has 1 aromatic heterocycles. The Morgan fingerprint density at radius 3 is 2.71 bits per heavy atom. The number of aryl methyl sites for hydroxylation is 1. The molecule has 0 aliphatic carbocycles. The number of anilines is 1. The number of hydrogen-bond acceptors (Lipinski definition) is 3. The van der Waals surface area contributed by atoms with Gasteiger partial charge in [-0.05, 0) is 46.9 Å². The number of imidazole rings is 1. The number of nitrogens with one attached hydrogen (secondary N) is 1. The predicted molar refractivity (Wildman–Crippen MR) is 105 cm³/mol. The van der Waals surface area contributed by atoms with Crippen LogP contribution in [-0.2, 0) is 6.54 Å². The van der Waals surface area contributed by atoms with Crippen LogP contribution in [0.25, 0.3) is 11.3 Å². The second kappa shape index (κ2) is 6.60. The third kappa shape index (κ3) is 3.08. The molecule has 6 heteroatoms. The van der Waals surface area contributed by atoms with Gasteiger partial charge in [-0.1, -0.05) is 36.0 Å². The Balaban J connectivity index is 1.51. The summed E-state index contributed by atoms with van der Waals surface area (Å²) in [6.45, 7) is 1.02. The lowest BCUT2D eigenvalue weighted by atomic mass is 10.1. The molecule has 0 bridgehead atoms. The van der Waals surface area contributed by atoms with Gasteiger partial charge in [0, 0.05) is 33.3 Å². The highest BCUT2D eigenvalue weighted by Crippen LogP contribution is 2.29. The molecule has 3 aromatic rings. The summed E-state index contributed by atoms with van der Waals surface area (Å²) in [5.41, 5.74) is 3.51. The minimum absolute atomic E-state index is 0.0925. The fourth-order valence-electron chi connectivity index (χ4n) is 2.62. The fraction of sp³-hybridized carbons (Fsp3) is 0.111. The molecule has 2 heterocycles. The van der Waals surface area contributed by atoms with Crippen molar-refractivity contribution in [3.8, 4) is 11.3 Å². The zero-order chi connectivity index (χ0) is 16.5. The van der Waals surface area contributed by atoms with E-state index >= 15 is 0 Å². The molecule has 4 nitrogen and oxygen atoms in total. The number of carbonyl (C=O) groups excluding carboxylic acids is 1. The van der Waals surface area contributed by atoms with Gasteiger partial charge >= 0.3 is 0 Å². The highest BCUT2D eigenvalue weighted by Gasteiger charge is 2.15. The van der Waals surface area contributed by atoms with Gasteiger partial charge in [0.2, 0.25) is 0 Å². The third-order valence-electron chi connectivity index (χ3n) is 3.86. The molecule has 0 radical (unpaired) electrons. The normalized spacial score (nSPS) is 12.9. The van der Waals surface area contributed by atoms with Crippen LogP contribution < -0.4 is 5.32 Å². The average Bonchev–Trinajstić information content (AvgIpc) is 3.17. The topological polar surface area (TPSA) is 46.9 Å². The Bertz CT molecular complexity index is 883. The number of nitrogens with zero attached hydrogens (tertiary/aromatic N) is 2. The van der Waals surface area contributed by atoms with E-state index in [2.05, 4.69) is 43.7 Å². The molecule has 0 unspecified atom stereocenters. The van der Waals surface area contributed by atoms with Crippen LogP contribution in [0.4, 0.5) is 5.69 Å². The summed E-state index contributed by atoms with van der Waals surface area (Å²) < 4.78 is 3.13. The van der Waals surface area contributed by atoms with Crippen LogP contribution in [0.3, 0.4) is 0 Å². The molecule has 0 saturated heterocycles. The number of halogens is 1. The molecule has 2 aromatic carbocycles. The maximum absolute atomic E-state index is 12.3. The van der Waals surface area contributed by atoms with Crippen LogP contribution in [0, 0.1) is 3.57 Å². The highest BCUT2D eigenvalue weighted by molar-refractivity contribution is 14.1. The summed E-state index contributed by atoms with van der Waals surface area (Å²) >= 11 is 3.96. The second-order valence-corrected chi connectivity index (χ2v) is 7.69. The first kappa shape index (κ1) is 15.7. The zero-order valence-electron chi connectivity index (χ0n) is 12.7. The number of amides is 1. The van der Waals surface area contributed by atoms with Crippen molar-refractivity contribution in [2.45, 2.75) is 11.7 Å². The van der Waals surface area contributed by atoms with Gasteiger partial charge in [0.05, 0.1) is 11.3 Å². The maximum atomic E-state index is 12.3. The third-order valence-corrected chi connectivity index (χ3v) is 5.77. The highest BCUT2D eigenvalue weighted by atomic mass is 127. The number of hydrogen-bond donors (Lipinski definition) is 1. The Morgan fingerprint density at radius 1 is 1.17 bits per heavy atom. The van der Waals surface area contributed by atoms with Crippen molar-refractivity contribution in [2.24, 2.45) is 0 Å². The van der Waals surface area contributed by atoms with Gasteiger partial charge in [-0.25, -0.2) is 4.98 Å². The maximum Gasteiger partial charge on any atom is 0.256 e. The van der Waals surface area contributed by atoms with E-state index in [9.17, 15) is 4.79 Å². The molecule has 1 N–H and O–H groups in total. The minimum Gasteiger partial charge on any atom is -0.325 e. The van der Waals surface area contributed by atoms with Crippen molar-refractivity contribution in [3.63, 3.8) is 0 Å². The Morgan fingerprint density at radius 2 is 1.96 bits per heavy atom. The van der Waals surface area contributed by atoms with Gasteiger partial charge in [0.1, 0.15) is 0 Å². The molecule has 1 aliphatic rings. The van der Waals surface area contributed by atoms with Crippen molar-refractivity contribution in [1.82, 2.24) is 9.55 Å². The molecular weight excluding hydrogens is 433 g/mol. The van der Waals surface area contributed by atoms with Crippen LogP contribution in [0.15, 0.2) is 59.9 Å². The summed E-state index contributed by atoms with van der Waals surface area (Å²) in [5, 5.41) is 4.03. The van der Waals surface area contributed by atoms with Gasteiger partial charge in [0.25, 0.3) is 5.91 Å². The first-order valence-electron chi connectivity index (χ1n) is 7.57. The molecule has 24 heavy (non-hydrogen) atoms. The largest absolute Gasteiger partial charge is 0.325 e. The molecule has 0 spiro atoms. The van der Waals surface area contributed by atoms with Gasteiger partial charge in [0.15, 0.2) is 5.16 Å². The summed E-state index contributed by atoms with van der Waals surface area (Å²) in [6.07, 6.45) is 2.09. The Labute approximate surface area is 157 Å². The number of fused-ring (bicyclic) bond motifs is 1. The number of aromatic nitrogens is 2. The van der Waals surface area contributed by atoms with Crippen LogP contribution in [0.2, 0.25) is 0 Å². The minimum atomic E-state index is -0.0925. The van der Waals surface area contributed by atoms with Crippen LogP contribution >= 0.6 is 34.4 Å². The number of rotatable bonds is 3. The quantitative estimate of drug-likeness (QED) is 0.601. The predicted octanol–water partition coefficient (Wildman–Crippen LogP) is 4.51. The van der Waals surface area contributed by atoms with Crippen molar-refractivity contribution >= 4 is 45.9 Å². The number of benzene rings is 2. The summed E-state index contributed by atoms with van der Waals surface area (Å²) in [5.74, 6) is 1.01. The van der Waals surface area contributed by atoms with Crippen molar-refractivity contribution < 1.29 is 4.79 Å². The van der Waals surface area contributed by atoms with E-state index in [1.54, 1.807) is 11.8 Å². The molecule has 0 fully saturated rings. The number of thioether (sulfide) groups is 1. The van der Waals surface area contributed by atoms with E-state index in [0.29, 0.717) is 5.56 Å². The second-order valence-electron chi connectivity index (χ2n) is 5.46. The molecule has 1 aliphatic heterocycles. The van der Waals surface area contributed by atoms with Crippen LogP contribution in [0.1, 0.15) is 10.4 Å². The molecule has 1 amide bonds. The standard InChI is InChI=1S/C18H14IN3OS/c19-15-4-2-1-3-14(15)17(23)20-13-7-5-12(6-8-13)16-11-22-9-10-24-18(22)21-16/h1-8,11H,9-10H2,(H,20,23). The first-order chi connectivity index (χ1) is 11.7. The monoisotopic (exact) mass is 447 g/mol. The van der Waals surface area contributed by atoms with Crippen LogP contribution in [0.5, 0.6) is 0 Å². The van der Waals surface area contributed by atoms with Gasteiger partial charge < -0.3 is 9.88 Å². The first-order valence-corrected chi connectivity index (χ1v) is 9.63. The van der Waals surface area contributed by atoms with Gasteiger partial charge in [-0.15, -0.1) is 0 Å². The average molecular weight is 447 g/mol. The summed E-state index contributed by atoms with van der Waals surface area (Å²) in [4.78, 5) is 17.0. The van der Waals surface area contributed by atoms with Gasteiger partial charge in [-0.2, -0.15) is 0 Å². The Hall–Kier alpha value is -1.80. The van der Waals surface area contributed by atoms with E-state index in [1.165, 1.54) is 0 Å². The lowest BCUT2D eigenvalue weighted by Gasteiger charge is -2.07. The lowest BCUT2D eigenvalue weighted by molar-refractivity contribution is 0.102. The van der Waals surface area contributed by atoms with E-state index in [4.69, 9.17) is 0 Å². The summed E-state index contributed by atoms with van der Waals surface area (Å²) in [6, 6.07) is 15.4. The smallest absolute Gasteiger partial charge is 0.256 e. The lowest BCUT2D eigenvalue weighted by Crippen LogP contribution is -2.13. The fourth-order valence-corrected chi connectivity index (χ4v) is 4.19. The molecule has 0 saturated carbocycles. The van der Waals surface area contributed by atoms with Gasteiger partial charge in [-0.3, -0.25) is 4.79 Å². The summed E-state index contributed by atoms with van der Waals surface area (Å²) in [7, 11) is 0. The molecule has 4 rings (SSSR count). The number of carbonyl (C=O) groups is 1. The van der Waals surface area contributed by atoms with Crippen LogP contribution in [-0.4, -0.2) is 21.2 Å². The van der Waals surface area contributed by atoms with E-state index in [0.717, 1.165) is 38.0 Å². The van der Waals surface area contributed by atoms with Crippen molar-refractivity contribution in [2.75, 3.05) is 11.1 Å².